The maximum absolute atomic E-state index is 13.1. The molecule has 0 bridgehead atoms. The number of ether oxygens (including phenoxy) is 1. The Hall–Kier alpha value is -2.80. The van der Waals surface area contributed by atoms with Gasteiger partial charge in [0.1, 0.15) is 12.4 Å². The quantitative estimate of drug-likeness (QED) is 0.308. The van der Waals surface area contributed by atoms with Crippen LogP contribution in [0.1, 0.15) is 42.9 Å². The molecule has 0 aliphatic carbocycles. The molecule has 0 unspecified atom stereocenters. The second-order valence-corrected chi connectivity index (χ2v) is 7.91. The van der Waals surface area contributed by atoms with Gasteiger partial charge in [-0.2, -0.15) is 0 Å². The summed E-state index contributed by atoms with van der Waals surface area (Å²) in [4.78, 5) is 33.5. The third-order valence-corrected chi connectivity index (χ3v) is 5.79. The third-order valence-electron chi connectivity index (χ3n) is 4.72. The zero-order valence-electron chi connectivity index (χ0n) is 16.9. The minimum Gasteiger partial charge on any atom is -0.458 e. The van der Waals surface area contributed by atoms with Gasteiger partial charge in [-0.1, -0.05) is 55.6 Å². The lowest BCUT2D eigenvalue weighted by atomic mass is 9.80. The van der Waals surface area contributed by atoms with Crippen LogP contribution in [0.15, 0.2) is 58.1 Å². The van der Waals surface area contributed by atoms with Gasteiger partial charge in [0.25, 0.3) is 5.56 Å². The molecule has 0 amide bonds. The molecule has 152 valence electrons. The second kappa shape index (κ2) is 9.13. The Bertz CT molecular complexity index is 1030. The minimum absolute atomic E-state index is 0.101. The number of carbonyl (C=O) groups excluding carboxylic acids is 1. The number of hydrogen-bond acceptors (Lipinski definition) is 6. The van der Waals surface area contributed by atoms with Crippen molar-refractivity contribution in [1.29, 1.82) is 0 Å². The Kier molecular flexibility index (Phi) is 6.59. The number of thioether (sulfide) groups is 1. The number of aromatic amines is 1. The van der Waals surface area contributed by atoms with Crippen molar-refractivity contribution in [3.63, 3.8) is 0 Å². The summed E-state index contributed by atoms with van der Waals surface area (Å²) < 4.78 is 5.33. The molecule has 3 rings (SSSR count). The van der Waals surface area contributed by atoms with Gasteiger partial charge < -0.3 is 15.0 Å². The first kappa shape index (κ1) is 20.9. The number of rotatable bonds is 7. The Labute approximate surface area is 174 Å². The van der Waals surface area contributed by atoms with E-state index in [9.17, 15) is 9.59 Å². The van der Waals surface area contributed by atoms with E-state index in [-0.39, 0.29) is 12.2 Å². The van der Waals surface area contributed by atoms with Gasteiger partial charge in [0.05, 0.1) is 17.1 Å². The number of carbonyl (C=O) groups is 1. The fourth-order valence-electron chi connectivity index (χ4n) is 3.40. The van der Waals surface area contributed by atoms with Crippen LogP contribution in [0.3, 0.4) is 0 Å². The first-order chi connectivity index (χ1) is 14.0. The number of fused-ring (bicyclic) bond motifs is 1. The van der Waals surface area contributed by atoms with Crippen LogP contribution in [0.25, 0.3) is 0 Å². The minimum atomic E-state index is -0.564. The largest absolute Gasteiger partial charge is 0.458 e. The summed E-state index contributed by atoms with van der Waals surface area (Å²) in [6.45, 7) is 9.54. The zero-order chi connectivity index (χ0) is 21.0. The predicted molar refractivity (Wildman–Crippen MR) is 116 cm³/mol. The van der Waals surface area contributed by atoms with Gasteiger partial charge in [-0.3, -0.25) is 4.79 Å². The van der Waals surface area contributed by atoms with Crippen molar-refractivity contribution in [2.75, 3.05) is 17.7 Å². The second-order valence-electron chi connectivity index (χ2n) is 6.82. The standard InChI is InChI=1S/C22H25N3O3S/c1-5-11-28-21(27)16-14(4)23-19-18(17(16)15-10-8-7-9-13(15)3)20(26)25-22(24-19)29-12-6-2/h5,7-10,17H,1,6,11-12H2,2-4H3,(H2,23,24,25,26)/t17-/m0/s1. The van der Waals surface area contributed by atoms with Crippen LogP contribution >= 0.6 is 11.8 Å². The molecule has 2 heterocycles. The summed E-state index contributed by atoms with van der Waals surface area (Å²) in [6, 6.07) is 7.73. The van der Waals surface area contributed by atoms with E-state index in [0.717, 1.165) is 23.3 Å². The molecule has 0 radical (unpaired) electrons. The topological polar surface area (TPSA) is 84.1 Å². The number of anilines is 1. The highest BCUT2D eigenvalue weighted by Crippen LogP contribution is 2.41. The Morgan fingerprint density at radius 3 is 2.79 bits per heavy atom. The molecular weight excluding hydrogens is 386 g/mol. The number of H-pyrrole nitrogens is 1. The molecule has 0 saturated heterocycles. The van der Waals surface area contributed by atoms with Crippen molar-refractivity contribution < 1.29 is 9.53 Å². The van der Waals surface area contributed by atoms with Crippen molar-refractivity contribution in [3.8, 4) is 0 Å². The summed E-state index contributed by atoms with van der Waals surface area (Å²) >= 11 is 1.50. The Morgan fingerprint density at radius 2 is 2.10 bits per heavy atom. The SMILES string of the molecule is C=CCOC(=O)C1=C(C)Nc2nc(SCCC)[nH]c(=O)c2[C@H]1c1ccccc1C. The highest BCUT2D eigenvalue weighted by Gasteiger charge is 2.37. The third kappa shape index (κ3) is 4.29. The molecule has 0 saturated carbocycles. The summed E-state index contributed by atoms with van der Waals surface area (Å²) in [7, 11) is 0. The molecular formula is C22H25N3O3S. The van der Waals surface area contributed by atoms with Gasteiger partial charge >= 0.3 is 5.97 Å². The highest BCUT2D eigenvalue weighted by atomic mass is 32.2. The van der Waals surface area contributed by atoms with Gasteiger partial charge in [0.15, 0.2) is 5.16 Å². The van der Waals surface area contributed by atoms with Crippen molar-refractivity contribution in [3.05, 3.63) is 75.2 Å². The van der Waals surface area contributed by atoms with Crippen LogP contribution < -0.4 is 10.9 Å². The van der Waals surface area contributed by atoms with Gasteiger partial charge in [0, 0.05) is 11.4 Å². The van der Waals surface area contributed by atoms with Crippen molar-refractivity contribution in [1.82, 2.24) is 9.97 Å². The molecule has 1 atom stereocenters. The van der Waals surface area contributed by atoms with E-state index in [1.165, 1.54) is 17.8 Å². The van der Waals surface area contributed by atoms with Gasteiger partial charge in [0.2, 0.25) is 0 Å². The number of hydrogen-bond donors (Lipinski definition) is 2. The lowest BCUT2D eigenvalue weighted by Gasteiger charge is -2.29. The first-order valence-electron chi connectivity index (χ1n) is 9.56. The monoisotopic (exact) mass is 411 g/mol. The van der Waals surface area contributed by atoms with Crippen LogP contribution in [-0.4, -0.2) is 28.3 Å². The zero-order valence-corrected chi connectivity index (χ0v) is 17.7. The highest BCUT2D eigenvalue weighted by molar-refractivity contribution is 7.99. The van der Waals surface area contributed by atoms with Gasteiger partial charge in [-0.15, -0.1) is 0 Å². The van der Waals surface area contributed by atoms with Crippen molar-refractivity contribution >= 4 is 23.5 Å². The van der Waals surface area contributed by atoms with E-state index in [2.05, 4.69) is 28.8 Å². The smallest absolute Gasteiger partial charge is 0.337 e. The molecule has 0 spiro atoms. The average molecular weight is 412 g/mol. The number of benzene rings is 1. The Morgan fingerprint density at radius 1 is 1.34 bits per heavy atom. The van der Waals surface area contributed by atoms with Crippen LogP contribution in [0, 0.1) is 6.92 Å². The van der Waals surface area contributed by atoms with Gasteiger partial charge in [-0.25, -0.2) is 9.78 Å². The molecule has 2 N–H and O–H groups in total. The summed E-state index contributed by atoms with van der Waals surface area (Å²) in [5, 5.41) is 3.72. The molecule has 2 aromatic rings. The normalized spacial score (nSPS) is 15.5. The maximum atomic E-state index is 13.1. The van der Waals surface area contributed by atoms with Crippen LogP contribution in [0.2, 0.25) is 0 Å². The fourth-order valence-corrected chi connectivity index (χ4v) is 4.12. The summed E-state index contributed by atoms with van der Waals surface area (Å²) in [5.74, 6) is 0.305. The molecule has 1 aromatic carbocycles. The summed E-state index contributed by atoms with van der Waals surface area (Å²) in [5.41, 5.74) is 3.07. The Balaban J connectivity index is 2.19. The van der Waals surface area contributed by atoms with Gasteiger partial charge in [-0.05, 0) is 31.4 Å². The fraction of sp³-hybridized carbons (Fsp3) is 0.318. The number of aryl methyl sites for hydroxylation is 1. The van der Waals surface area contributed by atoms with E-state index < -0.39 is 11.9 Å². The van der Waals surface area contributed by atoms with Crippen LogP contribution in [-0.2, 0) is 9.53 Å². The molecule has 0 fully saturated rings. The van der Waals surface area contributed by atoms with Crippen LogP contribution in [0.5, 0.6) is 0 Å². The first-order valence-corrected chi connectivity index (χ1v) is 10.5. The van der Waals surface area contributed by atoms with Crippen molar-refractivity contribution in [2.45, 2.75) is 38.3 Å². The molecule has 1 aromatic heterocycles. The number of aromatic nitrogens is 2. The number of esters is 1. The molecule has 29 heavy (non-hydrogen) atoms. The lowest BCUT2D eigenvalue weighted by Crippen LogP contribution is -2.31. The predicted octanol–water partition coefficient (Wildman–Crippen LogP) is 4.14. The van der Waals surface area contributed by atoms with Crippen molar-refractivity contribution in [2.24, 2.45) is 0 Å². The van der Waals surface area contributed by atoms with E-state index in [4.69, 9.17) is 4.74 Å². The van der Waals surface area contributed by atoms with E-state index >= 15 is 0 Å². The lowest BCUT2D eigenvalue weighted by molar-refractivity contribution is -0.138. The molecule has 1 aliphatic heterocycles. The summed E-state index contributed by atoms with van der Waals surface area (Å²) in [6.07, 6.45) is 2.50. The molecule has 6 nitrogen and oxygen atoms in total. The molecule has 7 heteroatoms. The maximum Gasteiger partial charge on any atom is 0.337 e. The van der Waals surface area contributed by atoms with E-state index in [1.54, 1.807) is 6.92 Å². The molecule has 1 aliphatic rings. The number of allylic oxidation sites excluding steroid dienone is 1. The number of nitrogens with zero attached hydrogens (tertiary/aromatic N) is 1. The number of nitrogens with one attached hydrogen (secondary N) is 2. The van der Waals surface area contributed by atoms with E-state index in [1.807, 2.05) is 31.2 Å². The average Bonchev–Trinajstić information content (AvgIpc) is 2.69. The van der Waals surface area contributed by atoms with Crippen LogP contribution in [0.4, 0.5) is 5.82 Å². The van der Waals surface area contributed by atoms with E-state index in [0.29, 0.717) is 27.8 Å².